The number of aryl methyl sites for hydroxylation is 2. The smallest absolute Gasteiger partial charge is 0.342 e. The Balaban J connectivity index is 1.34. The minimum Gasteiger partial charge on any atom is -0.342 e. The van der Waals surface area contributed by atoms with Gasteiger partial charge in [-0.15, -0.1) is 0 Å². The van der Waals surface area contributed by atoms with Gasteiger partial charge in [-0.1, -0.05) is 50.7 Å². The second-order valence-corrected chi connectivity index (χ2v) is 15.3. The van der Waals surface area contributed by atoms with Crippen molar-refractivity contribution in [2.75, 3.05) is 32.4 Å². The van der Waals surface area contributed by atoms with Gasteiger partial charge in [0.25, 0.3) is 11.8 Å². The lowest BCUT2D eigenvalue weighted by Crippen LogP contribution is -2.50. The van der Waals surface area contributed by atoms with Gasteiger partial charge in [0.05, 0.1) is 5.75 Å². The first kappa shape index (κ1) is 34.3. The van der Waals surface area contributed by atoms with E-state index in [1.807, 2.05) is 19.1 Å². The molecule has 8 aliphatic rings. The Labute approximate surface area is 270 Å². The summed E-state index contributed by atoms with van der Waals surface area (Å²) in [6.45, 7) is 2.70. The lowest BCUT2D eigenvalue weighted by molar-refractivity contribution is -0.124. The van der Waals surface area contributed by atoms with Crippen LogP contribution >= 0.6 is 0 Å². The van der Waals surface area contributed by atoms with Crippen LogP contribution in [0, 0.1) is 12.8 Å². The standard InChI is InChI=1S/C34H45F3N4O4S/c1-24-22-28-14-11-25(24)15-21-46(44,45)41-19-16-33(17-20-41)32(43)38-30(39-33)27-13-12-26(29(23-27)34(35,36)37)10-8-6-4-3-5-7-9-18-40(2)31(28)42/h11,13-14,22-23,26H,3-10,12,15-21H2,1-2H3,(H,38,39,43). The van der Waals surface area contributed by atoms with Crippen LogP contribution in [0.25, 0.3) is 0 Å². The third kappa shape index (κ3) is 7.75. The Morgan fingerprint density at radius 3 is 2.33 bits per heavy atom. The molecule has 9 rings (SSSR count). The predicted molar refractivity (Wildman–Crippen MR) is 172 cm³/mol. The van der Waals surface area contributed by atoms with Crippen molar-refractivity contribution < 1.29 is 31.2 Å². The first-order valence-electron chi connectivity index (χ1n) is 16.5. The Bertz CT molecular complexity index is 1520. The molecule has 46 heavy (non-hydrogen) atoms. The maximum atomic E-state index is 14.2. The number of hydrogen-bond acceptors (Lipinski definition) is 5. The number of piperidine rings is 1. The number of sulfonamides is 1. The first-order chi connectivity index (χ1) is 21.8. The lowest BCUT2D eigenvalue weighted by atomic mass is 9.84. The molecule has 1 atom stereocenters. The van der Waals surface area contributed by atoms with Crippen LogP contribution in [0.1, 0.15) is 92.1 Å². The average Bonchev–Trinajstić information content (AvgIpc) is 3.33. The summed E-state index contributed by atoms with van der Waals surface area (Å²) in [5.74, 6) is -1.09. The van der Waals surface area contributed by atoms with Gasteiger partial charge in [0.15, 0.2) is 0 Å². The number of halogens is 3. The molecular formula is C34H45F3N4O4S. The zero-order valence-corrected chi connectivity index (χ0v) is 27.6. The van der Waals surface area contributed by atoms with Gasteiger partial charge in [0.2, 0.25) is 10.0 Å². The molecule has 7 aliphatic heterocycles. The molecule has 0 saturated carbocycles. The molecule has 1 saturated heterocycles. The number of amides is 2. The van der Waals surface area contributed by atoms with Crippen LogP contribution in [0.4, 0.5) is 13.2 Å². The highest BCUT2D eigenvalue weighted by atomic mass is 32.2. The van der Waals surface area contributed by atoms with E-state index in [0.29, 0.717) is 24.9 Å². The van der Waals surface area contributed by atoms with E-state index >= 15 is 0 Å². The van der Waals surface area contributed by atoms with Crippen LogP contribution < -0.4 is 5.32 Å². The molecule has 1 aromatic carbocycles. The number of aliphatic imine (C=N–C) groups is 1. The fourth-order valence-electron chi connectivity index (χ4n) is 7.04. The molecule has 0 aromatic heterocycles. The maximum Gasteiger partial charge on any atom is 0.412 e. The van der Waals surface area contributed by atoms with E-state index in [9.17, 15) is 31.2 Å². The zero-order chi connectivity index (χ0) is 33.1. The van der Waals surface area contributed by atoms with E-state index < -0.39 is 39.1 Å². The molecule has 1 aliphatic carbocycles. The van der Waals surface area contributed by atoms with Crippen LogP contribution in [-0.4, -0.2) is 79.4 Å². The summed E-state index contributed by atoms with van der Waals surface area (Å²) in [5.41, 5.74) is 0.772. The Morgan fingerprint density at radius 2 is 1.65 bits per heavy atom. The number of hydrogen-bond donors (Lipinski definition) is 1. The molecule has 0 radical (unpaired) electrons. The molecule has 1 fully saturated rings. The monoisotopic (exact) mass is 662 g/mol. The van der Waals surface area contributed by atoms with E-state index in [1.165, 1.54) is 4.31 Å². The second-order valence-electron chi connectivity index (χ2n) is 13.2. The van der Waals surface area contributed by atoms with E-state index in [2.05, 4.69) is 10.3 Å². The van der Waals surface area contributed by atoms with Crippen molar-refractivity contribution in [2.24, 2.45) is 10.9 Å². The molecule has 7 bridgehead atoms. The zero-order valence-electron chi connectivity index (χ0n) is 26.8. The number of carbonyl (C=O) groups excluding carboxylic acids is 2. The van der Waals surface area contributed by atoms with Crippen molar-refractivity contribution in [3.05, 3.63) is 58.2 Å². The highest BCUT2D eigenvalue weighted by Gasteiger charge is 2.48. The molecule has 252 valence electrons. The van der Waals surface area contributed by atoms with E-state index in [1.54, 1.807) is 24.1 Å². The van der Waals surface area contributed by atoms with E-state index in [-0.39, 0.29) is 61.8 Å². The number of carbonyl (C=O) groups is 2. The largest absolute Gasteiger partial charge is 0.412 e. The van der Waals surface area contributed by atoms with Gasteiger partial charge >= 0.3 is 6.18 Å². The van der Waals surface area contributed by atoms with Crippen LogP contribution in [0.15, 0.2) is 46.5 Å². The number of nitrogens with one attached hydrogen (secondary N) is 1. The van der Waals surface area contributed by atoms with Crippen molar-refractivity contribution in [1.82, 2.24) is 14.5 Å². The van der Waals surface area contributed by atoms with Crippen LogP contribution in [0.2, 0.25) is 0 Å². The van der Waals surface area contributed by atoms with Crippen LogP contribution in [0.3, 0.4) is 0 Å². The van der Waals surface area contributed by atoms with Gasteiger partial charge in [-0.05, 0) is 80.7 Å². The molecule has 1 unspecified atom stereocenters. The van der Waals surface area contributed by atoms with Crippen molar-refractivity contribution in [1.29, 1.82) is 0 Å². The molecule has 1 N–H and O–H groups in total. The molecule has 1 aromatic rings. The first-order valence-corrected chi connectivity index (χ1v) is 18.1. The number of allylic oxidation sites excluding steroid dienone is 2. The summed E-state index contributed by atoms with van der Waals surface area (Å²) in [6.07, 6.45) is 6.02. The summed E-state index contributed by atoms with van der Waals surface area (Å²) in [7, 11) is -1.86. The van der Waals surface area contributed by atoms with Gasteiger partial charge in [0, 0.05) is 43.4 Å². The minimum atomic E-state index is -4.49. The molecule has 8 nitrogen and oxygen atoms in total. The summed E-state index contributed by atoms with van der Waals surface area (Å²) in [4.78, 5) is 32.5. The molecular weight excluding hydrogens is 617 g/mol. The quantitative estimate of drug-likeness (QED) is 0.376. The van der Waals surface area contributed by atoms with Gasteiger partial charge < -0.3 is 10.2 Å². The number of fused-ring (bicyclic) bond motifs is 1. The van der Waals surface area contributed by atoms with Crippen molar-refractivity contribution in [3.63, 3.8) is 0 Å². The van der Waals surface area contributed by atoms with Crippen LogP contribution in [0.5, 0.6) is 0 Å². The lowest BCUT2D eigenvalue weighted by Gasteiger charge is -2.34. The maximum absolute atomic E-state index is 14.2. The minimum absolute atomic E-state index is 0.0728. The summed E-state index contributed by atoms with van der Waals surface area (Å²) in [5, 5.41) is 2.71. The van der Waals surface area contributed by atoms with Crippen LogP contribution in [-0.2, 0) is 21.2 Å². The molecule has 2 amide bonds. The highest BCUT2D eigenvalue weighted by Crippen LogP contribution is 2.41. The summed E-state index contributed by atoms with van der Waals surface area (Å²) in [6, 6.07) is 5.41. The van der Waals surface area contributed by atoms with Gasteiger partial charge in [-0.2, -0.15) is 13.2 Å². The van der Waals surface area contributed by atoms with Crippen molar-refractivity contribution in [3.8, 4) is 0 Å². The predicted octanol–water partition coefficient (Wildman–Crippen LogP) is 5.87. The Kier molecular flexibility index (Phi) is 10.5. The third-order valence-electron chi connectivity index (χ3n) is 10.0. The molecule has 1 spiro atoms. The number of rotatable bonds is 0. The highest BCUT2D eigenvalue weighted by molar-refractivity contribution is 7.89. The van der Waals surface area contributed by atoms with Gasteiger partial charge in [-0.25, -0.2) is 12.7 Å². The van der Waals surface area contributed by atoms with E-state index in [0.717, 1.165) is 55.7 Å². The Hall–Kier alpha value is -2.99. The molecule has 7 heterocycles. The number of amidine groups is 1. The topological polar surface area (TPSA) is 99.2 Å². The second kappa shape index (κ2) is 14.0. The Morgan fingerprint density at radius 1 is 0.978 bits per heavy atom. The molecule has 12 heteroatoms. The number of nitrogens with zero attached hydrogens (tertiary/aromatic N) is 3. The average molecular weight is 663 g/mol. The number of benzene rings is 1. The number of alkyl halides is 3. The fourth-order valence-corrected chi connectivity index (χ4v) is 8.52. The van der Waals surface area contributed by atoms with Crippen molar-refractivity contribution >= 4 is 27.7 Å². The van der Waals surface area contributed by atoms with Gasteiger partial charge in [-0.3, -0.25) is 14.6 Å². The fraction of sp³-hybridized carbons (Fsp3) is 0.618. The normalized spacial score (nSPS) is 28.6. The van der Waals surface area contributed by atoms with E-state index in [4.69, 9.17) is 0 Å². The van der Waals surface area contributed by atoms with Crippen molar-refractivity contribution in [2.45, 2.75) is 95.7 Å². The van der Waals surface area contributed by atoms with Gasteiger partial charge in [0.1, 0.15) is 11.4 Å². The third-order valence-corrected chi connectivity index (χ3v) is 11.9. The summed E-state index contributed by atoms with van der Waals surface area (Å²) >= 11 is 0. The summed E-state index contributed by atoms with van der Waals surface area (Å²) < 4.78 is 70.4. The SMILES string of the molecule is Cc1cc2ccc1CCS(=O)(=O)N1CCC3(CC1)N=C(NC3=O)C1=CCC(CCCCCCCCCN(C)C2=O)C(C(F)(F)F)=C1.